The molecule has 1 aliphatic rings. The van der Waals surface area contributed by atoms with Gasteiger partial charge in [0.05, 0.1) is 0 Å². The summed E-state index contributed by atoms with van der Waals surface area (Å²) >= 11 is 0. The van der Waals surface area contributed by atoms with Crippen molar-refractivity contribution in [2.45, 2.75) is 25.3 Å². The van der Waals surface area contributed by atoms with Gasteiger partial charge in [-0.05, 0) is 29.9 Å². The van der Waals surface area contributed by atoms with Crippen LogP contribution in [-0.2, 0) is 4.79 Å². The number of nitrogens with zero attached hydrogens (tertiary/aromatic N) is 1. The lowest BCUT2D eigenvalue weighted by molar-refractivity contribution is -0.121. The van der Waals surface area contributed by atoms with Crippen molar-refractivity contribution in [3.05, 3.63) is 36.5 Å². The molecule has 0 aliphatic heterocycles. The number of para-hydroxylation sites is 1. The van der Waals surface area contributed by atoms with Crippen molar-refractivity contribution in [1.82, 2.24) is 4.57 Å². The zero-order valence-corrected chi connectivity index (χ0v) is 9.67. The van der Waals surface area contributed by atoms with Gasteiger partial charge in [0.15, 0.2) is 0 Å². The Balaban J connectivity index is 2.01. The van der Waals surface area contributed by atoms with Gasteiger partial charge < -0.3 is 10.3 Å². The van der Waals surface area contributed by atoms with Crippen LogP contribution in [0.2, 0.25) is 0 Å². The molecular formula is C14H16N2O. The van der Waals surface area contributed by atoms with E-state index in [-0.39, 0.29) is 11.9 Å². The van der Waals surface area contributed by atoms with Crippen LogP contribution in [0.4, 0.5) is 0 Å². The van der Waals surface area contributed by atoms with Crippen molar-refractivity contribution < 1.29 is 4.79 Å². The van der Waals surface area contributed by atoms with Crippen LogP contribution in [0.15, 0.2) is 36.5 Å². The van der Waals surface area contributed by atoms with Gasteiger partial charge in [0.2, 0.25) is 5.91 Å². The second kappa shape index (κ2) is 3.91. The maximum absolute atomic E-state index is 11.6. The first-order valence-electron chi connectivity index (χ1n) is 6.10. The summed E-state index contributed by atoms with van der Waals surface area (Å²) in [5, 5.41) is 1.16. The van der Waals surface area contributed by atoms with Crippen molar-refractivity contribution in [2.24, 2.45) is 11.7 Å². The number of nitrogens with two attached hydrogens (primary N) is 1. The summed E-state index contributed by atoms with van der Waals surface area (Å²) in [5.74, 6) is 0.465. The standard InChI is InChI=1S/C14H16N2O/c15-14(17)13(9-10-5-6-10)16-8-7-11-3-1-2-4-12(11)16/h1-4,7-8,10,13H,5-6,9H2,(H2,15,17). The van der Waals surface area contributed by atoms with Gasteiger partial charge in [0.25, 0.3) is 0 Å². The maximum atomic E-state index is 11.6. The topological polar surface area (TPSA) is 48.0 Å². The fraction of sp³-hybridized carbons (Fsp3) is 0.357. The fourth-order valence-electron chi connectivity index (χ4n) is 2.41. The molecule has 3 rings (SSSR count). The highest BCUT2D eigenvalue weighted by atomic mass is 16.1. The molecule has 0 bridgehead atoms. The SMILES string of the molecule is NC(=O)C(CC1CC1)n1ccc2ccccc21. The molecule has 1 unspecified atom stereocenters. The molecule has 1 aromatic heterocycles. The molecule has 88 valence electrons. The van der Waals surface area contributed by atoms with Crippen molar-refractivity contribution in [3.8, 4) is 0 Å². The molecule has 3 heteroatoms. The molecule has 2 N–H and O–H groups in total. The molecule has 1 heterocycles. The molecule has 0 saturated heterocycles. The average Bonchev–Trinajstić information content (AvgIpc) is 3.05. The maximum Gasteiger partial charge on any atom is 0.240 e. The summed E-state index contributed by atoms with van der Waals surface area (Å²) < 4.78 is 2.02. The number of fused-ring (bicyclic) bond motifs is 1. The number of benzene rings is 1. The van der Waals surface area contributed by atoms with E-state index in [1.807, 2.05) is 35.0 Å². The largest absolute Gasteiger partial charge is 0.368 e. The van der Waals surface area contributed by atoms with E-state index in [0.29, 0.717) is 5.92 Å². The van der Waals surface area contributed by atoms with Gasteiger partial charge in [0, 0.05) is 11.7 Å². The number of rotatable bonds is 4. The highest BCUT2D eigenvalue weighted by molar-refractivity contribution is 5.84. The quantitative estimate of drug-likeness (QED) is 0.858. The molecule has 0 radical (unpaired) electrons. The molecule has 1 aromatic carbocycles. The van der Waals surface area contributed by atoms with Gasteiger partial charge in [-0.2, -0.15) is 0 Å². The summed E-state index contributed by atoms with van der Waals surface area (Å²) in [7, 11) is 0. The van der Waals surface area contributed by atoms with E-state index in [1.54, 1.807) is 0 Å². The first-order valence-corrected chi connectivity index (χ1v) is 6.10. The van der Waals surface area contributed by atoms with Crippen molar-refractivity contribution in [1.29, 1.82) is 0 Å². The first kappa shape index (κ1) is 10.4. The number of amides is 1. The molecule has 17 heavy (non-hydrogen) atoms. The predicted molar refractivity (Wildman–Crippen MR) is 67.5 cm³/mol. The zero-order valence-electron chi connectivity index (χ0n) is 9.67. The molecule has 0 spiro atoms. The van der Waals surface area contributed by atoms with E-state index in [1.165, 1.54) is 12.8 Å². The smallest absolute Gasteiger partial charge is 0.240 e. The highest BCUT2D eigenvalue weighted by Gasteiger charge is 2.29. The summed E-state index contributed by atoms with van der Waals surface area (Å²) in [6.07, 6.45) is 5.34. The van der Waals surface area contributed by atoms with E-state index in [0.717, 1.165) is 17.3 Å². The second-order valence-electron chi connectivity index (χ2n) is 4.88. The van der Waals surface area contributed by atoms with Gasteiger partial charge in [-0.15, -0.1) is 0 Å². The number of carbonyl (C=O) groups excluding carboxylic acids is 1. The minimum Gasteiger partial charge on any atom is -0.368 e. The first-order chi connectivity index (χ1) is 8.25. The third kappa shape index (κ3) is 1.93. The lowest BCUT2D eigenvalue weighted by Gasteiger charge is -2.16. The summed E-state index contributed by atoms with van der Waals surface area (Å²) in [5.41, 5.74) is 6.63. The third-order valence-corrected chi connectivity index (χ3v) is 3.55. The summed E-state index contributed by atoms with van der Waals surface area (Å²) in [6.45, 7) is 0. The van der Waals surface area contributed by atoms with Gasteiger partial charge in [0.1, 0.15) is 6.04 Å². The zero-order chi connectivity index (χ0) is 11.8. The third-order valence-electron chi connectivity index (χ3n) is 3.55. The molecule has 2 aromatic rings. The van der Waals surface area contributed by atoms with Crippen molar-refractivity contribution in [3.63, 3.8) is 0 Å². The number of hydrogen-bond donors (Lipinski definition) is 1. The van der Waals surface area contributed by atoms with Crippen LogP contribution in [0.5, 0.6) is 0 Å². The van der Waals surface area contributed by atoms with Crippen LogP contribution < -0.4 is 5.73 Å². The molecule has 1 fully saturated rings. The Kier molecular flexibility index (Phi) is 2.39. The monoisotopic (exact) mass is 228 g/mol. The van der Waals surface area contributed by atoms with Crippen LogP contribution >= 0.6 is 0 Å². The molecular weight excluding hydrogens is 212 g/mol. The van der Waals surface area contributed by atoms with Crippen molar-refractivity contribution >= 4 is 16.8 Å². The number of carbonyl (C=O) groups is 1. The fourth-order valence-corrected chi connectivity index (χ4v) is 2.41. The Morgan fingerprint density at radius 1 is 1.35 bits per heavy atom. The average molecular weight is 228 g/mol. The number of aromatic nitrogens is 1. The number of hydrogen-bond acceptors (Lipinski definition) is 1. The Morgan fingerprint density at radius 2 is 2.12 bits per heavy atom. The van der Waals surface area contributed by atoms with Gasteiger partial charge in [-0.1, -0.05) is 31.0 Å². The Bertz CT molecular complexity index is 554. The van der Waals surface area contributed by atoms with E-state index >= 15 is 0 Å². The van der Waals surface area contributed by atoms with Gasteiger partial charge >= 0.3 is 0 Å². The molecule has 1 atom stereocenters. The van der Waals surface area contributed by atoms with E-state index in [2.05, 4.69) is 6.07 Å². The van der Waals surface area contributed by atoms with Crippen LogP contribution in [0.25, 0.3) is 10.9 Å². The van der Waals surface area contributed by atoms with Crippen molar-refractivity contribution in [2.75, 3.05) is 0 Å². The van der Waals surface area contributed by atoms with Gasteiger partial charge in [-0.3, -0.25) is 4.79 Å². The lowest BCUT2D eigenvalue weighted by atomic mass is 10.1. The summed E-state index contributed by atoms with van der Waals surface area (Å²) in [6, 6.07) is 9.94. The van der Waals surface area contributed by atoms with Crippen LogP contribution in [-0.4, -0.2) is 10.5 Å². The minimum absolute atomic E-state index is 0.192. The summed E-state index contributed by atoms with van der Waals surface area (Å²) in [4.78, 5) is 11.6. The number of primary amides is 1. The predicted octanol–water partition coefficient (Wildman–Crippen LogP) is 2.47. The van der Waals surface area contributed by atoms with E-state index < -0.39 is 0 Å². The molecule has 1 amide bonds. The highest BCUT2D eigenvalue weighted by Crippen LogP contribution is 2.37. The Hall–Kier alpha value is -1.77. The Morgan fingerprint density at radius 3 is 2.82 bits per heavy atom. The molecule has 1 aliphatic carbocycles. The van der Waals surface area contributed by atoms with E-state index in [9.17, 15) is 4.79 Å². The van der Waals surface area contributed by atoms with Gasteiger partial charge in [-0.25, -0.2) is 0 Å². The Labute approximate surface area is 100 Å². The van der Waals surface area contributed by atoms with E-state index in [4.69, 9.17) is 5.73 Å². The molecule has 1 saturated carbocycles. The normalized spacial score (nSPS) is 17.2. The minimum atomic E-state index is -0.224. The molecule has 3 nitrogen and oxygen atoms in total. The van der Waals surface area contributed by atoms with Crippen LogP contribution in [0.3, 0.4) is 0 Å². The second-order valence-corrected chi connectivity index (χ2v) is 4.88. The lowest BCUT2D eigenvalue weighted by Crippen LogP contribution is -2.26. The van der Waals surface area contributed by atoms with Crippen LogP contribution in [0.1, 0.15) is 25.3 Å². The van der Waals surface area contributed by atoms with Crippen LogP contribution in [0, 0.1) is 5.92 Å².